The first-order valence-corrected chi connectivity index (χ1v) is 35.3. The molecule has 115 heavy (non-hydrogen) atoms. The van der Waals surface area contributed by atoms with Gasteiger partial charge in [0, 0.05) is 67.0 Å². The smallest absolute Gasteiger partial charge is 0.870 e. The number of phenolic OH excluding ortho intramolecular Hbond substituents is 3. The molecular weight excluding hydrogens is 1590 g/mol. The van der Waals surface area contributed by atoms with Gasteiger partial charge < -0.3 is 114 Å². The van der Waals surface area contributed by atoms with Crippen molar-refractivity contribution < 1.29 is 214 Å². The van der Waals surface area contributed by atoms with Crippen molar-refractivity contribution >= 4 is 93.9 Å². The van der Waals surface area contributed by atoms with Gasteiger partial charge in [-0.2, -0.15) is 8.42 Å². The number of hydrogen-bond donors (Lipinski definition) is 12. The van der Waals surface area contributed by atoms with Gasteiger partial charge >= 0.3 is 99.6 Å². The summed E-state index contributed by atoms with van der Waals surface area (Å²) in [7, 11) is -3.67. The first-order valence-electron chi connectivity index (χ1n) is 33.4. The van der Waals surface area contributed by atoms with Crippen LogP contribution in [0.5, 0.6) is 57.5 Å². The monoisotopic (exact) mass is 1700 g/mol. The van der Waals surface area contributed by atoms with Crippen molar-refractivity contribution in [1.82, 2.24) is 4.90 Å². The maximum absolute atomic E-state index is 11.4. The van der Waals surface area contributed by atoms with Gasteiger partial charge in [0.15, 0.2) is 63.6 Å². The molecule has 5 aromatic carbocycles. The first kappa shape index (κ1) is 123. The van der Waals surface area contributed by atoms with E-state index in [4.69, 9.17) is 117 Å². The van der Waals surface area contributed by atoms with Gasteiger partial charge in [-0.05, 0) is 139 Å². The number of alkyl halides is 1. The Bertz CT molecular complexity index is 3700. The molecule has 2 atom stereocenters. The zero-order valence-corrected chi connectivity index (χ0v) is 70.3. The molecule has 0 saturated heterocycles. The molecular formula is C73H107ClNNaO38S. The van der Waals surface area contributed by atoms with Crippen LogP contribution < -0.4 is 62.7 Å². The normalized spacial score (nSPS) is 9.68. The number of hydrogen-bond acceptors (Lipinski definition) is 31. The van der Waals surface area contributed by atoms with Crippen molar-refractivity contribution in [1.29, 1.82) is 0 Å². The molecule has 0 aliphatic heterocycles. The minimum Gasteiger partial charge on any atom is -0.870 e. The van der Waals surface area contributed by atoms with E-state index in [-0.39, 0.29) is 123 Å². The fourth-order valence-electron chi connectivity index (χ4n) is 7.05. The van der Waals surface area contributed by atoms with E-state index in [1.165, 1.54) is 76.2 Å². The maximum Gasteiger partial charge on any atom is 1.00 e. The van der Waals surface area contributed by atoms with Gasteiger partial charge in [-0.1, -0.05) is 50.2 Å². The zero-order chi connectivity index (χ0) is 87.7. The average Bonchev–Trinajstić information content (AvgIpc) is 0.846. The van der Waals surface area contributed by atoms with Gasteiger partial charge in [-0.25, -0.2) is 14.4 Å². The number of amides is 1. The number of para-hydroxylation sites is 2. The number of phenols is 3. The third kappa shape index (κ3) is 68.8. The van der Waals surface area contributed by atoms with E-state index in [9.17, 15) is 63.3 Å². The number of aliphatic hydroxyl groups excluding tert-OH is 3. The third-order valence-electron chi connectivity index (χ3n) is 11.2. The molecule has 0 aromatic heterocycles. The average molecular weight is 1700 g/mol. The Hall–Kier alpha value is -10.5. The Kier molecular flexibility index (Phi) is 79.9. The Balaban J connectivity index is -0.000000160. The number of carbonyl (C=O) groups excluding carboxylic acids is 8. The number of aldehydes is 1. The number of aromatic hydroxyl groups is 3. The number of benzene rings is 5. The summed E-state index contributed by atoms with van der Waals surface area (Å²) in [5.74, 6) is -5.63. The van der Waals surface area contributed by atoms with Gasteiger partial charge in [-0.15, -0.1) is 11.6 Å². The van der Waals surface area contributed by atoms with Crippen LogP contribution in [0.4, 0.5) is 0 Å². The molecule has 0 fully saturated rings. The van der Waals surface area contributed by atoms with Crippen molar-refractivity contribution in [3.8, 4) is 57.5 Å². The molecule has 42 heteroatoms. The number of nitrogens with zero attached hydrogens (tertiary/aromatic N) is 1. The summed E-state index contributed by atoms with van der Waals surface area (Å²) in [6.07, 6.45) is -1.44. The third-order valence-corrected chi connectivity index (χ3v) is 11.5. The topological polar surface area (TPSA) is 639 Å². The second-order valence-electron chi connectivity index (χ2n) is 20.3. The largest absolute Gasteiger partial charge is 1.00 e. The summed E-state index contributed by atoms with van der Waals surface area (Å²) in [6, 6.07) is 24.5. The molecule has 0 heterocycles. The van der Waals surface area contributed by atoms with Gasteiger partial charge in [0.2, 0.25) is 18.3 Å². The minimum atomic E-state index is -4.67. The fourth-order valence-corrected chi connectivity index (χ4v) is 7.22. The SMILES string of the molecule is CC(=O)OC(C)=O.CCCO.CCCOC(=O)Cc1ccc(O)c(OCC)c1.CCN(CC)C(=O)CCl.CCOc1cc(C(O)C(=O)O)ccc1O.CCOc1cc(C(OC(C)=O)C(=O)O)ccc1OC(C)=O.CCOc1cc(CC(=O)O)ccc1OC(C)=O.CCOc1ccccc1O.CO.O.O=CC(=O)O.O=S(=O)(O)O.[Na+].[OH-]. The molecule has 0 aliphatic carbocycles. The fraction of sp³-hybridized carbons (Fsp3) is 0.425. The quantitative estimate of drug-likeness (QED) is 0.00385. The molecule has 646 valence electrons. The molecule has 1 amide bonds. The molecule has 0 radical (unpaired) electrons. The van der Waals surface area contributed by atoms with Gasteiger partial charge in [0.25, 0.3) is 0 Å². The number of carbonyl (C=O) groups is 12. The summed E-state index contributed by atoms with van der Waals surface area (Å²) < 4.78 is 81.2. The molecule has 5 aromatic rings. The summed E-state index contributed by atoms with van der Waals surface area (Å²) >= 11 is 5.31. The van der Waals surface area contributed by atoms with Crippen LogP contribution in [0, 0.1) is 0 Å². The molecule has 2 unspecified atom stereocenters. The number of rotatable bonds is 28. The summed E-state index contributed by atoms with van der Waals surface area (Å²) in [6.45, 7) is 27.1. The van der Waals surface area contributed by atoms with Crippen LogP contribution in [0.15, 0.2) is 97.1 Å². The molecule has 5 rings (SSSR count). The second kappa shape index (κ2) is 74.9. The van der Waals surface area contributed by atoms with E-state index in [0.29, 0.717) is 74.8 Å². The van der Waals surface area contributed by atoms with Crippen LogP contribution in [0.1, 0.15) is 144 Å². The summed E-state index contributed by atoms with van der Waals surface area (Å²) in [5.41, 5.74) is 1.74. The number of halogens is 1. The molecule has 0 aliphatic rings. The van der Waals surface area contributed by atoms with E-state index in [2.05, 4.69) is 4.74 Å². The minimum absolute atomic E-state index is 0. The van der Waals surface area contributed by atoms with Crippen molar-refractivity contribution in [2.75, 3.05) is 72.3 Å². The standard InChI is InChI=1S/C14H16O7.C13H18O4.C12H14O5.C10H12O5.C8H10O2.C6H12ClNO.C4H6O3.C3H8O.C2H2O3.CH4O.Na.H2O4S.2H2O/c1-4-19-12-7-10(5-6-11(12)20-8(2)15)13(14(17)18)21-9(3)16;1-3-7-17-13(15)9-10-5-6-11(14)12(8-10)16-4-2;1-3-16-11-6-9(7-12(14)15)4-5-10(11)17-8(2)13;1-2-15-8-5-6(3-4-7(8)11)9(12)10(13)14;1-2-10-8-6-4-3-5-7(8)9;1-3-8(4-2)6(9)5-7;1-3(5)7-4(2)6;1-2-3-4;3-1-2(4)5;1-2;;1-5(2,3)4;;/h5-7,13H,4H2,1-3H3,(H,17,18);5-6,8,14H,3-4,7,9H2,1-2H3;4-6H,3,7H2,1-2H3,(H,14,15);3-5,9,11-12H,2H2,1H3,(H,13,14);3-6,9H,2H2,1H3;3-5H2,1-2H3;1-2H3;4H,2-3H2,1H3;1H,(H,4,5);2H,1H3;;(H2,1,2,3,4);2*1H2/q;;;;;;;;;;+1;;;/p-1. The van der Waals surface area contributed by atoms with Crippen molar-refractivity contribution in [2.45, 2.75) is 135 Å². The van der Waals surface area contributed by atoms with Gasteiger partial charge in [0.1, 0.15) is 5.88 Å². The number of carboxylic acids is 4. The van der Waals surface area contributed by atoms with E-state index in [1.807, 2.05) is 47.6 Å². The van der Waals surface area contributed by atoms with E-state index in [1.54, 1.807) is 68.1 Å². The van der Waals surface area contributed by atoms with Crippen LogP contribution in [0.25, 0.3) is 0 Å². The van der Waals surface area contributed by atoms with Crippen molar-refractivity contribution in [3.05, 3.63) is 119 Å². The molecule has 0 bridgehead atoms. The van der Waals surface area contributed by atoms with E-state index < -0.39 is 76.3 Å². The van der Waals surface area contributed by atoms with Gasteiger partial charge in [-0.3, -0.25) is 52.3 Å². The van der Waals surface area contributed by atoms with Crippen LogP contribution in [0.3, 0.4) is 0 Å². The van der Waals surface area contributed by atoms with Crippen LogP contribution in [-0.4, -0.2) is 229 Å². The molecule has 39 nitrogen and oxygen atoms in total. The Morgan fingerprint density at radius 3 is 1.22 bits per heavy atom. The van der Waals surface area contributed by atoms with Crippen LogP contribution in [0.2, 0.25) is 0 Å². The number of aliphatic hydroxyl groups is 3. The molecule has 0 saturated carbocycles. The molecule has 0 spiro atoms. The summed E-state index contributed by atoms with van der Waals surface area (Å²) in [5, 5.41) is 85.8. The molecule has 15 N–H and O–H groups in total. The van der Waals surface area contributed by atoms with Crippen molar-refractivity contribution in [2.24, 2.45) is 0 Å². The maximum atomic E-state index is 11.4. The Labute approximate surface area is 692 Å². The Morgan fingerprint density at radius 2 is 0.870 bits per heavy atom. The van der Waals surface area contributed by atoms with Gasteiger partial charge in [0.05, 0.1) is 52.5 Å². The number of carboxylic acid groups (broad SMARTS) is 4. The predicted octanol–water partition coefficient (Wildman–Crippen LogP) is 4.13. The van der Waals surface area contributed by atoms with Crippen LogP contribution >= 0.6 is 11.6 Å². The zero-order valence-electron chi connectivity index (χ0n) is 66.7. The predicted molar refractivity (Wildman–Crippen MR) is 407 cm³/mol. The number of aliphatic carboxylic acids is 4. The van der Waals surface area contributed by atoms with Crippen LogP contribution in [-0.2, 0) is 95.0 Å². The number of ether oxygens (including phenoxy) is 10. The first-order chi connectivity index (χ1) is 52.5. The van der Waals surface area contributed by atoms with E-state index >= 15 is 0 Å². The van der Waals surface area contributed by atoms with Crippen molar-refractivity contribution in [3.63, 3.8) is 0 Å². The number of esters is 6. The van der Waals surface area contributed by atoms with E-state index in [0.717, 1.165) is 45.5 Å². The second-order valence-corrected chi connectivity index (χ2v) is 21.4. The Morgan fingerprint density at radius 1 is 0.504 bits per heavy atom. The summed E-state index contributed by atoms with van der Waals surface area (Å²) in [4.78, 5) is 126.